The molecule has 1 N–H and O–H groups in total. The van der Waals surface area contributed by atoms with Crippen LogP contribution in [-0.4, -0.2) is 37.6 Å². The van der Waals surface area contributed by atoms with Crippen LogP contribution in [0.15, 0.2) is 0 Å². The van der Waals surface area contributed by atoms with Crippen molar-refractivity contribution in [2.45, 2.75) is 204 Å². The van der Waals surface area contributed by atoms with Gasteiger partial charge >= 0.3 is 0 Å². The molecule has 3 nitrogen and oxygen atoms in total. The van der Waals surface area contributed by atoms with Crippen LogP contribution in [0.3, 0.4) is 0 Å². The molecule has 0 aromatic heterocycles. The van der Waals surface area contributed by atoms with Crippen molar-refractivity contribution in [2.24, 2.45) is 47.3 Å². The topological polar surface area (TPSA) is 38.7 Å². The second-order valence-corrected chi connectivity index (χ2v) is 17.3. The third-order valence-corrected chi connectivity index (χ3v) is 10.8. The monoisotopic (exact) mass is 653 g/mol. The maximum absolute atomic E-state index is 9.78. The fraction of sp³-hybridized carbons (Fsp3) is 1.00. The van der Waals surface area contributed by atoms with Crippen LogP contribution in [0.25, 0.3) is 0 Å². The third kappa shape index (κ3) is 31.2. The molecule has 0 aliphatic carbocycles. The van der Waals surface area contributed by atoms with Crippen molar-refractivity contribution in [2.75, 3.05) is 26.4 Å². The standard InChI is InChI=1S/C43H88O3/c1-35(2)17-11-19-37(5)21-13-23-39(7)25-15-27-41(9)29-31-45-34-43(33-44)46-32-30-42(10)28-16-26-40(8)24-14-22-38(6)20-12-18-36(3)4/h35-44H,11-34H2,1-10H3/t37-,38-,39+,40+,41+,42+,43?/m1/s1. The summed E-state index contributed by atoms with van der Waals surface area (Å²) >= 11 is 0. The molecule has 0 bridgehead atoms. The third-order valence-electron chi connectivity index (χ3n) is 10.8. The van der Waals surface area contributed by atoms with E-state index >= 15 is 0 Å². The van der Waals surface area contributed by atoms with E-state index in [1.165, 1.54) is 116 Å². The predicted molar refractivity (Wildman–Crippen MR) is 205 cm³/mol. The van der Waals surface area contributed by atoms with Gasteiger partial charge in [-0.15, -0.1) is 0 Å². The summed E-state index contributed by atoms with van der Waals surface area (Å²) in [5.74, 6) is 6.57. The number of ether oxygens (including phenoxy) is 2. The molecule has 1 unspecified atom stereocenters. The Morgan fingerprint density at radius 1 is 0.370 bits per heavy atom. The predicted octanol–water partition coefficient (Wildman–Crippen LogP) is 13.3. The average Bonchev–Trinajstić information content (AvgIpc) is 2.98. The van der Waals surface area contributed by atoms with Gasteiger partial charge in [-0.25, -0.2) is 0 Å². The normalized spacial score (nSPS) is 16.9. The van der Waals surface area contributed by atoms with Crippen molar-refractivity contribution in [3.05, 3.63) is 0 Å². The van der Waals surface area contributed by atoms with Gasteiger partial charge in [0.25, 0.3) is 0 Å². The van der Waals surface area contributed by atoms with Crippen molar-refractivity contribution in [3.63, 3.8) is 0 Å². The quantitative estimate of drug-likeness (QED) is 0.0703. The molecule has 0 fully saturated rings. The first kappa shape index (κ1) is 45.9. The van der Waals surface area contributed by atoms with E-state index in [-0.39, 0.29) is 12.7 Å². The summed E-state index contributed by atoms with van der Waals surface area (Å²) in [5.41, 5.74) is 0. The fourth-order valence-electron chi connectivity index (χ4n) is 6.96. The first-order chi connectivity index (χ1) is 21.9. The summed E-state index contributed by atoms with van der Waals surface area (Å²) in [6.45, 7) is 25.9. The van der Waals surface area contributed by atoms with Crippen LogP contribution in [0.4, 0.5) is 0 Å². The molecular formula is C43H88O3. The van der Waals surface area contributed by atoms with E-state index in [1.54, 1.807) is 0 Å². The lowest BCUT2D eigenvalue weighted by molar-refractivity contribution is -0.0471. The maximum Gasteiger partial charge on any atom is 0.104 e. The van der Waals surface area contributed by atoms with Crippen LogP contribution in [-0.2, 0) is 9.47 Å². The first-order valence-electron chi connectivity index (χ1n) is 20.7. The number of aliphatic hydroxyl groups excluding tert-OH is 1. The molecule has 0 saturated heterocycles. The zero-order valence-electron chi connectivity index (χ0n) is 33.4. The average molecular weight is 653 g/mol. The second kappa shape index (κ2) is 30.9. The van der Waals surface area contributed by atoms with Crippen LogP contribution in [0, 0.1) is 47.3 Å². The van der Waals surface area contributed by atoms with E-state index in [2.05, 4.69) is 69.2 Å². The van der Waals surface area contributed by atoms with Gasteiger partial charge in [0.15, 0.2) is 0 Å². The molecule has 0 rings (SSSR count). The number of aliphatic hydroxyl groups is 1. The number of rotatable bonds is 34. The molecule has 0 heterocycles. The molecule has 0 spiro atoms. The molecule has 0 saturated carbocycles. The second-order valence-electron chi connectivity index (χ2n) is 17.3. The molecule has 0 amide bonds. The van der Waals surface area contributed by atoms with Gasteiger partial charge in [0, 0.05) is 13.2 Å². The van der Waals surface area contributed by atoms with Crippen molar-refractivity contribution >= 4 is 0 Å². The lowest BCUT2D eigenvalue weighted by Gasteiger charge is -2.19. The fourth-order valence-corrected chi connectivity index (χ4v) is 6.96. The molecule has 0 aromatic rings. The van der Waals surface area contributed by atoms with Crippen LogP contribution in [0.2, 0.25) is 0 Å². The minimum absolute atomic E-state index is 0.0480. The Morgan fingerprint density at radius 3 is 0.957 bits per heavy atom. The molecule has 0 aliphatic rings. The Hall–Kier alpha value is -0.120. The summed E-state index contributed by atoms with van der Waals surface area (Å²) < 4.78 is 11.9. The number of hydrogen-bond donors (Lipinski definition) is 1. The molecule has 3 heteroatoms. The Kier molecular flexibility index (Phi) is 30.8. The largest absolute Gasteiger partial charge is 0.394 e. The highest BCUT2D eigenvalue weighted by Gasteiger charge is 2.13. The summed E-state index contributed by atoms with van der Waals surface area (Å²) in [6, 6.07) is 0. The Morgan fingerprint density at radius 2 is 0.652 bits per heavy atom. The lowest BCUT2D eigenvalue weighted by atomic mass is 9.91. The Labute approximate surface area is 291 Å². The van der Waals surface area contributed by atoms with E-state index in [0.717, 1.165) is 61.6 Å². The van der Waals surface area contributed by atoms with E-state index < -0.39 is 0 Å². The first-order valence-corrected chi connectivity index (χ1v) is 20.7. The minimum atomic E-state index is -0.186. The van der Waals surface area contributed by atoms with Crippen LogP contribution < -0.4 is 0 Å². The maximum atomic E-state index is 9.78. The molecule has 7 atom stereocenters. The molecular weight excluding hydrogens is 564 g/mol. The zero-order chi connectivity index (χ0) is 34.6. The Bertz CT molecular complexity index is 619. The highest BCUT2D eigenvalue weighted by molar-refractivity contribution is 4.64. The van der Waals surface area contributed by atoms with Gasteiger partial charge in [-0.3, -0.25) is 0 Å². The summed E-state index contributed by atoms with van der Waals surface area (Å²) in [6.07, 6.45) is 26.8. The van der Waals surface area contributed by atoms with Crippen molar-refractivity contribution in [3.8, 4) is 0 Å². The highest BCUT2D eigenvalue weighted by Crippen LogP contribution is 2.24. The summed E-state index contributed by atoms with van der Waals surface area (Å²) in [4.78, 5) is 0. The van der Waals surface area contributed by atoms with E-state index in [4.69, 9.17) is 9.47 Å². The smallest absolute Gasteiger partial charge is 0.104 e. The molecule has 46 heavy (non-hydrogen) atoms. The molecule has 0 radical (unpaired) electrons. The zero-order valence-corrected chi connectivity index (χ0v) is 33.4. The van der Waals surface area contributed by atoms with Crippen molar-refractivity contribution in [1.29, 1.82) is 0 Å². The van der Waals surface area contributed by atoms with Gasteiger partial charge in [0.05, 0.1) is 13.2 Å². The molecule has 0 aliphatic heterocycles. The summed E-state index contributed by atoms with van der Waals surface area (Å²) in [7, 11) is 0. The molecule has 278 valence electrons. The van der Waals surface area contributed by atoms with Gasteiger partial charge in [-0.1, -0.05) is 185 Å². The van der Waals surface area contributed by atoms with Gasteiger partial charge in [-0.2, -0.15) is 0 Å². The Balaban J connectivity index is 3.77. The van der Waals surface area contributed by atoms with Crippen LogP contribution in [0.5, 0.6) is 0 Å². The van der Waals surface area contributed by atoms with Crippen molar-refractivity contribution in [1.82, 2.24) is 0 Å². The minimum Gasteiger partial charge on any atom is -0.394 e. The van der Waals surface area contributed by atoms with E-state index in [0.29, 0.717) is 18.4 Å². The van der Waals surface area contributed by atoms with Gasteiger partial charge in [0.1, 0.15) is 6.10 Å². The van der Waals surface area contributed by atoms with Gasteiger partial charge in [0.2, 0.25) is 0 Å². The van der Waals surface area contributed by atoms with Crippen LogP contribution in [0.1, 0.15) is 198 Å². The van der Waals surface area contributed by atoms with Gasteiger partial charge < -0.3 is 14.6 Å². The summed E-state index contributed by atoms with van der Waals surface area (Å²) in [5, 5.41) is 9.78. The lowest BCUT2D eigenvalue weighted by Crippen LogP contribution is -2.25. The van der Waals surface area contributed by atoms with E-state index in [1.807, 2.05) is 0 Å². The van der Waals surface area contributed by atoms with E-state index in [9.17, 15) is 5.11 Å². The SMILES string of the molecule is CC(C)CCC[C@@H](C)CCC[C@H](C)CCC[C@H](C)CCOCC(CO)OCC[C@@H](C)CCC[C@@H](C)CCC[C@H](C)CCCC(C)C. The number of hydrogen-bond acceptors (Lipinski definition) is 3. The van der Waals surface area contributed by atoms with Crippen molar-refractivity contribution < 1.29 is 14.6 Å². The van der Waals surface area contributed by atoms with Gasteiger partial charge in [-0.05, 0) is 60.2 Å². The highest BCUT2D eigenvalue weighted by atomic mass is 16.5. The van der Waals surface area contributed by atoms with Crippen LogP contribution >= 0.6 is 0 Å². The molecule has 0 aromatic carbocycles.